The third kappa shape index (κ3) is 2.73. The summed E-state index contributed by atoms with van der Waals surface area (Å²) in [5, 5.41) is 2.78. The van der Waals surface area contributed by atoms with E-state index in [1.807, 2.05) is 4.90 Å². The topological polar surface area (TPSA) is 58.6 Å². The maximum Gasteiger partial charge on any atom is 0.265 e. The van der Waals surface area contributed by atoms with Crippen LogP contribution in [0, 0.1) is 5.92 Å². The summed E-state index contributed by atoms with van der Waals surface area (Å²) in [5.74, 6) is 1.01. The van der Waals surface area contributed by atoms with Crippen LogP contribution >= 0.6 is 0 Å². The lowest BCUT2D eigenvalue weighted by atomic mass is 9.99. The molecule has 1 aromatic carbocycles. The molecule has 2 atom stereocenters. The zero-order valence-electron chi connectivity index (χ0n) is 12.4. The van der Waals surface area contributed by atoms with Gasteiger partial charge in [-0.3, -0.25) is 9.59 Å². The van der Waals surface area contributed by atoms with Gasteiger partial charge in [0.05, 0.1) is 5.69 Å². The first-order chi connectivity index (χ1) is 10.0. The van der Waals surface area contributed by atoms with E-state index in [0.29, 0.717) is 22.9 Å². The Labute approximate surface area is 124 Å². The van der Waals surface area contributed by atoms with Crippen molar-refractivity contribution in [3.63, 3.8) is 0 Å². The number of ether oxygens (including phenoxy) is 1. The summed E-state index contributed by atoms with van der Waals surface area (Å²) in [6, 6.07) is 5.23. The SMILES string of the molecule is CC1CCCN(C(=O)c2ccc3c(c2)NC(=O)C(C)O3)C1. The van der Waals surface area contributed by atoms with E-state index in [1.54, 1.807) is 25.1 Å². The molecule has 2 aliphatic heterocycles. The van der Waals surface area contributed by atoms with E-state index in [4.69, 9.17) is 4.74 Å². The molecule has 1 aromatic rings. The fourth-order valence-corrected chi connectivity index (χ4v) is 2.90. The minimum absolute atomic E-state index is 0.0252. The zero-order chi connectivity index (χ0) is 15.0. The van der Waals surface area contributed by atoms with Crippen molar-refractivity contribution < 1.29 is 14.3 Å². The summed E-state index contributed by atoms with van der Waals surface area (Å²) >= 11 is 0. The average molecular weight is 288 g/mol. The number of fused-ring (bicyclic) bond motifs is 1. The van der Waals surface area contributed by atoms with Crippen molar-refractivity contribution in [2.45, 2.75) is 32.8 Å². The minimum Gasteiger partial charge on any atom is -0.479 e. The summed E-state index contributed by atoms with van der Waals surface area (Å²) in [7, 11) is 0. The van der Waals surface area contributed by atoms with Crippen LogP contribution in [0.2, 0.25) is 0 Å². The van der Waals surface area contributed by atoms with Gasteiger partial charge >= 0.3 is 0 Å². The molecule has 3 rings (SSSR count). The third-order valence-electron chi connectivity index (χ3n) is 4.10. The van der Waals surface area contributed by atoms with Crippen LogP contribution in [0.15, 0.2) is 18.2 Å². The Kier molecular flexibility index (Phi) is 3.57. The van der Waals surface area contributed by atoms with Crippen molar-refractivity contribution in [3.05, 3.63) is 23.8 Å². The van der Waals surface area contributed by atoms with Crippen molar-refractivity contribution in [3.8, 4) is 5.75 Å². The monoisotopic (exact) mass is 288 g/mol. The molecule has 1 fully saturated rings. The molecule has 2 unspecified atom stereocenters. The van der Waals surface area contributed by atoms with Gasteiger partial charge in [-0.15, -0.1) is 0 Å². The quantitative estimate of drug-likeness (QED) is 0.862. The standard InChI is InChI=1S/C16H20N2O3/c1-10-4-3-7-18(9-10)16(20)12-5-6-14-13(8-12)17-15(19)11(2)21-14/h5-6,8,10-11H,3-4,7,9H2,1-2H3,(H,17,19). The van der Waals surface area contributed by atoms with Gasteiger partial charge in [0, 0.05) is 18.7 Å². The molecule has 2 heterocycles. The Morgan fingerprint density at radius 2 is 2.19 bits per heavy atom. The number of hydrogen-bond donors (Lipinski definition) is 1. The van der Waals surface area contributed by atoms with Crippen LogP contribution in [-0.2, 0) is 4.79 Å². The molecule has 0 bridgehead atoms. The number of rotatable bonds is 1. The van der Waals surface area contributed by atoms with Crippen molar-refractivity contribution in [1.82, 2.24) is 4.90 Å². The van der Waals surface area contributed by atoms with Crippen LogP contribution in [0.5, 0.6) is 5.75 Å². The van der Waals surface area contributed by atoms with Crippen LogP contribution in [0.3, 0.4) is 0 Å². The van der Waals surface area contributed by atoms with E-state index in [1.165, 1.54) is 6.42 Å². The molecule has 21 heavy (non-hydrogen) atoms. The van der Waals surface area contributed by atoms with Crippen LogP contribution in [-0.4, -0.2) is 35.9 Å². The number of piperidine rings is 1. The Hall–Kier alpha value is -2.04. The Morgan fingerprint density at radius 3 is 2.95 bits per heavy atom. The van der Waals surface area contributed by atoms with Gasteiger partial charge in [-0.25, -0.2) is 0 Å². The number of anilines is 1. The van der Waals surface area contributed by atoms with Crippen LogP contribution in [0.1, 0.15) is 37.0 Å². The lowest BCUT2D eigenvalue weighted by Gasteiger charge is -2.31. The summed E-state index contributed by atoms with van der Waals surface area (Å²) in [4.78, 5) is 26.1. The summed E-state index contributed by atoms with van der Waals surface area (Å²) < 4.78 is 5.50. The van der Waals surface area contributed by atoms with E-state index in [9.17, 15) is 9.59 Å². The highest BCUT2D eigenvalue weighted by atomic mass is 16.5. The van der Waals surface area contributed by atoms with Crippen LogP contribution in [0.25, 0.3) is 0 Å². The van der Waals surface area contributed by atoms with Gasteiger partial charge in [0.1, 0.15) is 5.75 Å². The molecule has 5 nitrogen and oxygen atoms in total. The maximum atomic E-state index is 12.5. The molecule has 1 saturated heterocycles. The molecule has 0 aliphatic carbocycles. The molecule has 0 aromatic heterocycles. The maximum absolute atomic E-state index is 12.5. The Balaban J connectivity index is 1.82. The molecule has 2 amide bonds. The van der Waals surface area contributed by atoms with E-state index in [0.717, 1.165) is 19.5 Å². The number of benzene rings is 1. The second kappa shape index (κ2) is 5.39. The smallest absolute Gasteiger partial charge is 0.265 e. The van der Waals surface area contributed by atoms with Crippen molar-refractivity contribution in [2.24, 2.45) is 5.92 Å². The predicted octanol–water partition coefficient (Wildman–Crippen LogP) is 2.28. The zero-order valence-corrected chi connectivity index (χ0v) is 12.4. The number of nitrogens with zero attached hydrogens (tertiary/aromatic N) is 1. The number of likely N-dealkylation sites (tertiary alicyclic amines) is 1. The minimum atomic E-state index is -0.498. The first-order valence-electron chi connectivity index (χ1n) is 7.45. The summed E-state index contributed by atoms with van der Waals surface area (Å²) in [5.41, 5.74) is 1.18. The lowest BCUT2D eigenvalue weighted by Crippen LogP contribution is -2.39. The first kappa shape index (κ1) is 13.9. The van der Waals surface area contributed by atoms with E-state index >= 15 is 0 Å². The normalized spacial score (nSPS) is 24.9. The van der Waals surface area contributed by atoms with E-state index in [2.05, 4.69) is 12.2 Å². The number of hydrogen-bond acceptors (Lipinski definition) is 3. The Bertz CT molecular complexity index is 585. The van der Waals surface area contributed by atoms with Gasteiger partial charge in [-0.05, 0) is 43.9 Å². The molecular weight excluding hydrogens is 268 g/mol. The van der Waals surface area contributed by atoms with Crippen molar-refractivity contribution in [2.75, 3.05) is 18.4 Å². The summed E-state index contributed by atoms with van der Waals surface area (Å²) in [6.45, 7) is 5.48. The first-order valence-corrected chi connectivity index (χ1v) is 7.45. The van der Waals surface area contributed by atoms with Gasteiger partial charge in [0.2, 0.25) is 0 Å². The highest BCUT2D eigenvalue weighted by molar-refractivity contribution is 6.00. The number of carbonyl (C=O) groups is 2. The van der Waals surface area contributed by atoms with E-state index < -0.39 is 6.10 Å². The second-order valence-electron chi connectivity index (χ2n) is 5.96. The molecule has 0 spiro atoms. The molecule has 2 aliphatic rings. The fraction of sp³-hybridized carbons (Fsp3) is 0.500. The highest BCUT2D eigenvalue weighted by Gasteiger charge is 2.26. The van der Waals surface area contributed by atoms with Gasteiger partial charge in [-0.2, -0.15) is 0 Å². The van der Waals surface area contributed by atoms with E-state index in [-0.39, 0.29) is 11.8 Å². The number of amides is 2. The number of carbonyl (C=O) groups excluding carboxylic acids is 2. The lowest BCUT2D eigenvalue weighted by molar-refractivity contribution is -0.122. The molecule has 0 saturated carbocycles. The van der Waals surface area contributed by atoms with Crippen molar-refractivity contribution >= 4 is 17.5 Å². The molecule has 112 valence electrons. The second-order valence-corrected chi connectivity index (χ2v) is 5.96. The van der Waals surface area contributed by atoms with Crippen molar-refractivity contribution in [1.29, 1.82) is 0 Å². The molecule has 1 N–H and O–H groups in total. The average Bonchev–Trinajstić information content (AvgIpc) is 2.47. The predicted molar refractivity (Wildman–Crippen MR) is 79.5 cm³/mol. The van der Waals surface area contributed by atoms with Gasteiger partial charge in [-0.1, -0.05) is 6.92 Å². The van der Waals surface area contributed by atoms with Gasteiger partial charge in [0.15, 0.2) is 6.10 Å². The third-order valence-corrected chi connectivity index (χ3v) is 4.10. The molecule has 0 radical (unpaired) electrons. The number of nitrogens with one attached hydrogen (secondary N) is 1. The van der Waals surface area contributed by atoms with Crippen LogP contribution in [0.4, 0.5) is 5.69 Å². The highest BCUT2D eigenvalue weighted by Crippen LogP contribution is 2.31. The van der Waals surface area contributed by atoms with Gasteiger partial charge in [0.25, 0.3) is 11.8 Å². The summed E-state index contributed by atoms with van der Waals surface area (Å²) in [6.07, 6.45) is 1.73. The fourth-order valence-electron chi connectivity index (χ4n) is 2.90. The Morgan fingerprint density at radius 1 is 1.38 bits per heavy atom. The molecule has 5 heteroatoms. The van der Waals surface area contributed by atoms with Gasteiger partial charge < -0.3 is 15.0 Å². The van der Waals surface area contributed by atoms with Crippen LogP contribution < -0.4 is 10.1 Å². The molecular formula is C16H20N2O3. The largest absolute Gasteiger partial charge is 0.479 e.